The summed E-state index contributed by atoms with van der Waals surface area (Å²) in [7, 11) is 2.10. The summed E-state index contributed by atoms with van der Waals surface area (Å²) in [6, 6.07) is 7.96. The number of nitrogens with two attached hydrogens (primary N) is 1. The summed E-state index contributed by atoms with van der Waals surface area (Å²) in [5.41, 5.74) is 7.63. The van der Waals surface area contributed by atoms with Gasteiger partial charge in [-0.15, -0.1) is 24.8 Å². The summed E-state index contributed by atoms with van der Waals surface area (Å²) in [5, 5.41) is 0. The predicted octanol–water partition coefficient (Wildman–Crippen LogP) is 3.19. The Balaban J connectivity index is 0.00000242. The molecular weight excluding hydrogens is 333 g/mol. The topological polar surface area (TPSA) is 49.6 Å². The molecule has 132 valence electrons. The summed E-state index contributed by atoms with van der Waals surface area (Å²) in [5.74, 6) is 0.599. The lowest BCUT2D eigenvalue weighted by Crippen LogP contribution is -2.29. The number of anilines is 1. The minimum atomic E-state index is 0. The van der Waals surface area contributed by atoms with Gasteiger partial charge in [0.15, 0.2) is 0 Å². The van der Waals surface area contributed by atoms with Crippen molar-refractivity contribution in [3.63, 3.8) is 0 Å². The normalized spacial score (nSPS) is 16.5. The molecule has 1 amide bonds. The van der Waals surface area contributed by atoms with Crippen LogP contribution in [0.3, 0.4) is 0 Å². The van der Waals surface area contributed by atoms with Gasteiger partial charge < -0.3 is 15.5 Å². The zero-order valence-electron chi connectivity index (χ0n) is 14.0. The summed E-state index contributed by atoms with van der Waals surface area (Å²) in [4.78, 5) is 16.6. The molecule has 1 heterocycles. The molecule has 1 aliphatic heterocycles. The van der Waals surface area contributed by atoms with Crippen molar-refractivity contribution >= 4 is 36.4 Å². The second-order valence-electron chi connectivity index (χ2n) is 5.96. The smallest absolute Gasteiger partial charge is 0.253 e. The van der Waals surface area contributed by atoms with E-state index in [1.807, 2.05) is 29.2 Å². The lowest BCUT2D eigenvalue weighted by Gasteiger charge is -2.20. The molecule has 1 atom stereocenters. The molecule has 2 N–H and O–H groups in total. The molecule has 23 heavy (non-hydrogen) atoms. The number of likely N-dealkylation sites (tertiary alicyclic amines) is 1. The quantitative estimate of drug-likeness (QED) is 0.846. The zero-order chi connectivity index (χ0) is 15.2. The largest absolute Gasteiger partial charge is 0.375 e. The minimum Gasteiger partial charge on any atom is -0.375 e. The maximum absolute atomic E-state index is 12.4. The summed E-state index contributed by atoms with van der Waals surface area (Å²) < 4.78 is 0. The van der Waals surface area contributed by atoms with Crippen molar-refractivity contribution in [3.8, 4) is 0 Å². The standard InChI is InChI=1S/C17H27N3O.2ClH/c1-3-4-10-19(2)16-7-5-15(6-8-16)17(21)20-11-9-14(12-18)13-20;;/h5-8,14H,3-4,9-13,18H2,1-2H3;2*1H. The Labute approximate surface area is 152 Å². The predicted molar refractivity (Wildman–Crippen MR) is 102 cm³/mol. The molecule has 1 saturated heterocycles. The molecule has 1 unspecified atom stereocenters. The molecule has 1 aliphatic rings. The molecule has 0 aliphatic carbocycles. The first-order chi connectivity index (χ1) is 10.2. The van der Waals surface area contributed by atoms with Crippen molar-refractivity contribution in [2.45, 2.75) is 26.2 Å². The third-order valence-electron chi connectivity index (χ3n) is 4.31. The highest BCUT2D eigenvalue weighted by atomic mass is 35.5. The number of amides is 1. The van der Waals surface area contributed by atoms with E-state index in [0.717, 1.165) is 31.6 Å². The summed E-state index contributed by atoms with van der Waals surface area (Å²) >= 11 is 0. The van der Waals surface area contributed by atoms with E-state index in [0.29, 0.717) is 12.5 Å². The lowest BCUT2D eigenvalue weighted by molar-refractivity contribution is 0.0787. The Morgan fingerprint density at radius 3 is 2.48 bits per heavy atom. The van der Waals surface area contributed by atoms with Crippen LogP contribution in [-0.4, -0.2) is 44.0 Å². The van der Waals surface area contributed by atoms with Crippen LogP contribution in [0.25, 0.3) is 0 Å². The molecule has 1 fully saturated rings. The molecule has 2 rings (SSSR count). The van der Waals surface area contributed by atoms with Gasteiger partial charge in [-0.2, -0.15) is 0 Å². The zero-order valence-corrected chi connectivity index (χ0v) is 15.7. The number of nitrogens with zero attached hydrogens (tertiary/aromatic N) is 2. The van der Waals surface area contributed by atoms with Gasteiger partial charge in [-0.1, -0.05) is 13.3 Å². The average Bonchev–Trinajstić information content (AvgIpc) is 3.01. The van der Waals surface area contributed by atoms with Gasteiger partial charge in [-0.05, 0) is 49.6 Å². The third kappa shape index (κ3) is 5.87. The molecule has 0 saturated carbocycles. The van der Waals surface area contributed by atoms with E-state index in [1.165, 1.54) is 18.5 Å². The maximum Gasteiger partial charge on any atom is 0.253 e. The first-order valence-corrected chi connectivity index (χ1v) is 7.96. The monoisotopic (exact) mass is 361 g/mol. The van der Waals surface area contributed by atoms with Gasteiger partial charge in [0.2, 0.25) is 0 Å². The lowest BCUT2D eigenvalue weighted by atomic mass is 10.1. The van der Waals surface area contributed by atoms with Gasteiger partial charge in [0.25, 0.3) is 5.91 Å². The van der Waals surface area contributed by atoms with E-state index in [-0.39, 0.29) is 30.7 Å². The van der Waals surface area contributed by atoms with Crippen molar-refractivity contribution in [2.75, 3.05) is 38.1 Å². The number of benzene rings is 1. The highest BCUT2D eigenvalue weighted by Gasteiger charge is 2.25. The summed E-state index contributed by atoms with van der Waals surface area (Å²) in [6.45, 7) is 5.55. The van der Waals surface area contributed by atoms with Crippen LogP contribution >= 0.6 is 24.8 Å². The van der Waals surface area contributed by atoms with E-state index >= 15 is 0 Å². The van der Waals surface area contributed by atoms with E-state index in [2.05, 4.69) is 18.9 Å². The molecular formula is C17H29Cl2N3O. The number of hydrogen-bond acceptors (Lipinski definition) is 3. The van der Waals surface area contributed by atoms with Gasteiger partial charge >= 0.3 is 0 Å². The van der Waals surface area contributed by atoms with Gasteiger partial charge in [0.1, 0.15) is 0 Å². The molecule has 0 bridgehead atoms. The van der Waals surface area contributed by atoms with Crippen LogP contribution in [0.5, 0.6) is 0 Å². The van der Waals surface area contributed by atoms with Crippen molar-refractivity contribution in [2.24, 2.45) is 11.7 Å². The van der Waals surface area contributed by atoms with E-state index < -0.39 is 0 Å². The number of hydrogen-bond donors (Lipinski definition) is 1. The molecule has 0 radical (unpaired) electrons. The molecule has 0 spiro atoms. The van der Waals surface area contributed by atoms with Crippen LogP contribution in [0.15, 0.2) is 24.3 Å². The number of carbonyl (C=O) groups is 1. The Hall–Kier alpha value is -0.970. The highest BCUT2D eigenvalue weighted by Crippen LogP contribution is 2.20. The molecule has 0 aromatic heterocycles. The first-order valence-electron chi connectivity index (χ1n) is 7.96. The van der Waals surface area contributed by atoms with Gasteiger partial charge in [0.05, 0.1) is 0 Å². The number of rotatable bonds is 6. The van der Waals surface area contributed by atoms with Crippen LogP contribution in [-0.2, 0) is 0 Å². The van der Waals surface area contributed by atoms with Crippen molar-refractivity contribution in [1.29, 1.82) is 0 Å². The fourth-order valence-corrected chi connectivity index (χ4v) is 2.77. The second kappa shape index (κ2) is 10.7. The van der Waals surface area contributed by atoms with Gasteiger partial charge in [0, 0.05) is 37.9 Å². The Kier molecular flexibility index (Phi) is 10.3. The Morgan fingerprint density at radius 1 is 1.30 bits per heavy atom. The molecule has 1 aromatic rings. The number of halogens is 2. The highest BCUT2D eigenvalue weighted by molar-refractivity contribution is 5.94. The SMILES string of the molecule is CCCCN(C)c1ccc(C(=O)N2CCC(CN)C2)cc1.Cl.Cl. The van der Waals surface area contributed by atoms with Crippen LogP contribution in [0.4, 0.5) is 5.69 Å². The summed E-state index contributed by atoms with van der Waals surface area (Å²) in [6.07, 6.45) is 3.41. The van der Waals surface area contributed by atoms with Crippen molar-refractivity contribution in [3.05, 3.63) is 29.8 Å². The molecule has 6 heteroatoms. The van der Waals surface area contributed by atoms with Crippen molar-refractivity contribution < 1.29 is 4.79 Å². The molecule has 4 nitrogen and oxygen atoms in total. The van der Waals surface area contributed by atoms with Gasteiger partial charge in [-0.3, -0.25) is 4.79 Å². The molecule has 1 aromatic carbocycles. The first kappa shape index (κ1) is 22.0. The van der Waals surface area contributed by atoms with E-state index in [9.17, 15) is 4.79 Å². The Bertz CT molecular complexity index is 467. The fraction of sp³-hybridized carbons (Fsp3) is 0.588. The van der Waals surface area contributed by atoms with Crippen molar-refractivity contribution in [1.82, 2.24) is 4.90 Å². The Morgan fingerprint density at radius 2 is 1.96 bits per heavy atom. The third-order valence-corrected chi connectivity index (χ3v) is 4.31. The fourth-order valence-electron chi connectivity index (χ4n) is 2.77. The number of unbranched alkanes of at least 4 members (excludes halogenated alkanes) is 1. The number of carbonyl (C=O) groups excluding carboxylic acids is 1. The van der Waals surface area contributed by atoms with E-state index in [1.54, 1.807) is 0 Å². The minimum absolute atomic E-state index is 0. The van der Waals surface area contributed by atoms with Crippen LogP contribution in [0.1, 0.15) is 36.5 Å². The van der Waals surface area contributed by atoms with Crippen LogP contribution in [0, 0.1) is 5.92 Å². The van der Waals surface area contributed by atoms with Crippen LogP contribution < -0.4 is 10.6 Å². The maximum atomic E-state index is 12.4. The second-order valence-corrected chi connectivity index (χ2v) is 5.96. The average molecular weight is 362 g/mol. The van der Waals surface area contributed by atoms with Crippen LogP contribution in [0.2, 0.25) is 0 Å². The van der Waals surface area contributed by atoms with Gasteiger partial charge in [-0.25, -0.2) is 0 Å². The van der Waals surface area contributed by atoms with E-state index in [4.69, 9.17) is 5.73 Å².